The molecule has 1 atom stereocenters. The van der Waals surface area contributed by atoms with Crippen LogP contribution in [0.4, 0.5) is 4.79 Å². The lowest BCUT2D eigenvalue weighted by Crippen LogP contribution is -2.23. The lowest BCUT2D eigenvalue weighted by Gasteiger charge is -2.07. The minimum atomic E-state index is -0.348. The lowest BCUT2D eigenvalue weighted by molar-refractivity contribution is 0.150. The quantitative estimate of drug-likeness (QED) is 0.659. The predicted molar refractivity (Wildman–Crippen MR) is 67.8 cm³/mol. The molecule has 2 aliphatic rings. The molecule has 1 unspecified atom stereocenters. The standard InChI is InChI=1S/C10H16N6O2S/c17-10-12-5-8(18-10)6-19-9-13-14-15-16(9)4-3-11-7-1-2-7/h7-8,11H,1-6H2,(H,12,17). The van der Waals surface area contributed by atoms with Gasteiger partial charge >= 0.3 is 6.09 Å². The Bertz CT molecular complexity index is 449. The van der Waals surface area contributed by atoms with E-state index in [-0.39, 0.29) is 12.2 Å². The monoisotopic (exact) mass is 284 g/mol. The van der Waals surface area contributed by atoms with Crippen molar-refractivity contribution in [2.75, 3.05) is 18.8 Å². The van der Waals surface area contributed by atoms with Gasteiger partial charge in [0, 0.05) is 18.3 Å². The highest BCUT2D eigenvalue weighted by Crippen LogP contribution is 2.19. The third-order valence-electron chi connectivity index (χ3n) is 2.98. The largest absolute Gasteiger partial charge is 0.443 e. The van der Waals surface area contributed by atoms with Crippen LogP contribution in [-0.2, 0) is 11.3 Å². The molecule has 1 amide bonds. The summed E-state index contributed by atoms with van der Waals surface area (Å²) in [6.07, 6.45) is 2.10. The van der Waals surface area contributed by atoms with Crippen molar-refractivity contribution in [1.82, 2.24) is 30.8 Å². The zero-order valence-electron chi connectivity index (χ0n) is 10.4. The van der Waals surface area contributed by atoms with Crippen molar-refractivity contribution in [3.63, 3.8) is 0 Å². The maximum atomic E-state index is 10.9. The van der Waals surface area contributed by atoms with Gasteiger partial charge in [0.15, 0.2) is 0 Å². The lowest BCUT2D eigenvalue weighted by atomic mass is 10.4. The molecule has 104 valence electrons. The number of cyclic esters (lactones) is 1. The SMILES string of the molecule is O=C1NCC(CSc2nnnn2CCNC2CC2)O1. The van der Waals surface area contributed by atoms with Crippen LogP contribution in [0.5, 0.6) is 0 Å². The molecule has 19 heavy (non-hydrogen) atoms. The Balaban J connectivity index is 1.44. The number of nitrogens with zero attached hydrogens (tertiary/aromatic N) is 4. The van der Waals surface area contributed by atoms with E-state index >= 15 is 0 Å². The van der Waals surface area contributed by atoms with Crippen molar-refractivity contribution in [2.24, 2.45) is 0 Å². The average molecular weight is 284 g/mol. The van der Waals surface area contributed by atoms with E-state index in [0.29, 0.717) is 18.3 Å². The number of amides is 1. The number of ether oxygens (including phenoxy) is 1. The van der Waals surface area contributed by atoms with Crippen molar-refractivity contribution in [2.45, 2.75) is 36.7 Å². The molecule has 0 aromatic carbocycles. The molecule has 2 fully saturated rings. The summed E-state index contributed by atoms with van der Waals surface area (Å²) in [5, 5.41) is 18.4. The van der Waals surface area contributed by atoms with Crippen molar-refractivity contribution in [3.05, 3.63) is 0 Å². The fourth-order valence-electron chi connectivity index (χ4n) is 1.79. The van der Waals surface area contributed by atoms with Crippen molar-refractivity contribution >= 4 is 17.9 Å². The number of carbonyl (C=O) groups excluding carboxylic acids is 1. The number of thioether (sulfide) groups is 1. The van der Waals surface area contributed by atoms with Crippen molar-refractivity contribution in [1.29, 1.82) is 0 Å². The molecule has 8 nitrogen and oxygen atoms in total. The zero-order chi connectivity index (χ0) is 13.1. The van der Waals surface area contributed by atoms with Crippen LogP contribution in [-0.4, -0.2) is 57.3 Å². The van der Waals surface area contributed by atoms with Crippen molar-refractivity contribution < 1.29 is 9.53 Å². The molecule has 1 saturated heterocycles. The average Bonchev–Trinajstić information content (AvgIpc) is 2.95. The molecule has 3 rings (SSSR count). The van der Waals surface area contributed by atoms with Gasteiger partial charge in [-0.25, -0.2) is 9.48 Å². The number of tetrazole rings is 1. The molecule has 1 saturated carbocycles. The maximum Gasteiger partial charge on any atom is 0.407 e. The summed E-state index contributed by atoms with van der Waals surface area (Å²) in [4.78, 5) is 10.9. The highest BCUT2D eigenvalue weighted by atomic mass is 32.2. The molecular formula is C10H16N6O2S. The van der Waals surface area contributed by atoms with Gasteiger partial charge in [-0.05, 0) is 23.3 Å². The second-order valence-electron chi connectivity index (χ2n) is 4.63. The number of nitrogens with one attached hydrogen (secondary N) is 2. The van der Waals surface area contributed by atoms with E-state index in [1.807, 2.05) is 0 Å². The molecule has 1 aliphatic carbocycles. The first-order valence-electron chi connectivity index (χ1n) is 6.38. The first kappa shape index (κ1) is 12.7. The fourth-order valence-corrected chi connectivity index (χ4v) is 2.69. The first-order chi connectivity index (χ1) is 9.31. The van der Waals surface area contributed by atoms with Gasteiger partial charge in [-0.15, -0.1) is 5.10 Å². The van der Waals surface area contributed by atoms with Gasteiger partial charge in [0.2, 0.25) is 5.16 Å². The maximum absolute atomic E-state index is 10.9. The van der Waals surface area contributed by atoms with Gasteiger partial charge in [-0.1, -0.05) is 11.8 Å². The van der Waals surface area contributed by atoms with Crippen LogP contribution in [0.3, 0.4) is 0 Å². The number of rotatable bonds is 7. The summed E-state index contributed by atoms with van der Waals surface area (Å²) >= 11 is 1.51. The molecule has 2 N–H and O–H groups in total. The van der Waals surface area contributed by atoms with Crippen LogP contribution in [0.15, 0.2) is 5.16 Å². The number of alkyl carbamates (subject to hydrolysis) is 1. The smallest absolute Gasteiger partial charge is 0.407 e. The van der Waals surface area contributed by atoms with E-state index in [1.54, 1.807) is 4.68 Å². The molecule has 0 radical (unpaired) electrons. The molecule has 1 aromatic heterocycles. The van der Waals surface area contributed by atoms with Gasteiger partial charge < -0.3 is 15.4 Å². The van der Waals surface area contributed by atoms with Crippen LogP contribution in [0.1, 0.15) is 12.8 Å². The summed E-state index contributed by atoms with van der Waals surface area (Å²) in [5.41, 5.74) is 0. The Morgan fingerprint density at radius 1 is 1.53 bits per heavy atom. The van der Waals surface area contributed by atoms with Gasteiger partial charge in [0.25, 0.3) is 0 Å². The summed E-state index contributed by atoms with van der Waals surface area (Å²) < 4.78 is 6.84. The Hall–Kier alpha value is -1.35. The second kappa shape index (κ2) is 5.74. The third kappa shape index (κ3) is 3.57. The fraction of sp³-hybridized carbons (Fsp3) is 0.800. The number of aromatic nitrogens is 4. The van der Waals surface area contributed by atoms with Crippen LogP contribution in [0, 0.1) is 0 Å². The van der Waals surface area contributed by atoms with Gasteiger partial charge in [0.05, 0.1) is 13.1 Å². The Morgan fingerprint density at radius 3 is 3.16 bits per heavy atom. The normalized spacial score (nSPS) is 22.3. The molecule has 9 heteroatoms. The van der Waals surface area contributed by atoms with Gasteiger partial charge in [0.1, 0.15) is 6.10 Å². The number of hydrogen-bond acceptors (Lipinski definition) is 7. The Labute approximate surface area is 114 Å². The van der Waals surface area contributed by atoms with E-state index in [9.17, 15) is 4.79 Å². The molecule has 1 aliphatic heterocycles. The highest BCUT2D eigenvalue weighted by Gasteiger charge is 2.23. The first-order valence-corrected chi connectivity index (χ1v) is 7.36. The van der Waals surface area contributed by atoms with Gasteiger partial charge in [-0.3, -0.25) is 0 Å². The molecule has 0 bridgehead atoms. The molecule has 1 aromatic rings. The second-order valence-corrected chi connectivity index (χ2v) is 5.62. The van der Waals surface area contributed by atoms with E-state index < -0.39 is 0 Å². The summed E-state index contributed by atoms with van der Waals surface area (Å²) in [6, 6.07) is 0.691. The number of hydrogen-bond donors (Lipinski definition) is 2. The molecule has 2 heterocycles. The minimum Gasteiger partial charge on any atom is -0.443 e. The van der Waals surface area contributed by atoms with Crippen LogP contribution in [0.25, 0.3) is 0 Å². The summed E-state index contributed by atoms with van der Waals surface area (Å²) in [6.45, 7) is 2.19. The van der Waals surface area contributed by atoms with Gasteiger partial charge in [-0.2, -0.15) is 0 Å². The zero-order valence-corrected chi connectivity index (χ0v) is 11.2. The number of carbonyl (C=O) groups is 1. The summed E-state index contributed by atoms with van der Waals surface area (Å²) in [5.74, 6) is 0.662. The van der Waals surface area contributed by atoms with Crippen LogP contribution < -0.4 is 10.6 Å². The third-order valence-corrected chi connectivity index (χ3v) is 4.07. The van der Waals surface area contributed by atoms with Crippen molar-refractivity contribution in [3.8, 4) is 0 Å². The minimum absolute atomic E-state index is 0.104. The van der Waals surface area contributed by atoms with E-state index in [0.717, 1.165) is 18.2 Å². The van der Waals surface area contributed by atoms with Crippen LogP contribution >= 0.6 is 11.8 Å². The Kier molecular flexibility index (Phi) is 3.83. The molecule has 0 spiro atoms. The Morgan fingerprint density at radius 2 is 2.42 bits per heavy atom. The predicted octanol–water partition coefficient (Wildman–Crippen LogP) is -0.374. The van der Waals surface area contributed by atoms with E-state index in [2.05, 4.69) is 26.2 Å². The van der Waals surface area contributed by atoms with Crippen LogP contribution in [0.2, 0.25) is 0 Å². The molecular weight excluding hydrogens is 268 g/mol. The topological polar surface area (TPSA) is 94.0 Å². The summed E-state index contributed by atoms with van der Waals surface area (Å²) in [7, 11) is 0. The highest BCUT2D eigenvalue weighted by molar-refractivity contribution is 7.99. The van der Waals surface area contributed by atoms with E-state index in [1.165, 1.54) is 24.6 Å². The van der Waals surface area contributed by atoms with E-state index in [4.69, 9.17) is 4.74 Å².